The molecule has 0 radical (unpaired) electrons. The molecule has 1 amide bonds. The van der Waals surface area contributed by atoms with Gasteiger partial charge in [0.1, 0.15) is 5.75 Å². The van der Waals surface area contributed by atoms with E-state index < -0.39 is 0 Å². The highest BCUT2D eigenvalue weighted by Gasteiger charge is 2.27. The van der Waals surface area contributed by atoms with Crippen molar-refractivity contribution in [3.05, 3.63) is 29.8 Å². The van der Waals surface area contributed by atoms with Crippen molar-refractivity contribution >= 4 is 11.7 Å². The summed E-state index contributed by atoms with van der Waals surface area (Å²) in [4.78, 5) is 26.9. The molecule has 1 aliphatic heterocycles. The van der Waals surface area contributed by atoms with Gasteiger partial charge in [-0.3, -0.25) is 14.5 Å². The summed E-state index contributed by atoms with van der Waals surface area (Å²) in [5.74, 6) is 1.16. The highest BCUT2D eigenvalue weighted by Crippen LogP contribution is 2.23. The first kappa shape index (κ1) is 17.9. The van der Waals surface area contributed by atoms with E-state index >= 15 is 0 Å². The van der Waals surface area contributed by atoms with Gasteiger partial charge in [0.2, 0.25) is 5.91 Å². The number of amides is 1. The van der Waals surface area contributed by atoms with E-state index in [9.17, 15) is 9.59 Å². The number of ether oxygens (including phenoxy) is 1. The summed E-state index contributed by atoms with van der Waals surface area (Å²) in [6, 6.07) is 7.71. The maximum Gasteiger partial charge on any atom is 0.234 e. The van der Waals surface area contributed by atoms with Gasteiger partial charge in [-0.15, -0.1) is 0 Å². The van der Waals surface area contributed by atoms with Crippen molar-refractivity contribution in [3.8, 4) is 5.75 Å². The molecule has 25 heavy (non-hydrogen) atoms. The zero-order valence-electron chi connectivity index (χ0n) is 15.0. The van der Waals surface area contributed by atoms with Gasteiger partial charge in [0.25, 0.3) is 0 Å². The fraction of sp³-hybridized carbons (Fsp3) is 0.600. The Bertz CT molecular complexity index is 585. The van der Waals surface area contributed by atoms with Gasteiger partial charge in [-0.05, 0) is 63.0 Å². The van der Waals surface area contributed by atoms with Gasteiger partial charge >= 0.3 is 0 Å². The van der Waals surface area contributed by atoms with E-state index in [0.717, 1.165) is 50.1 Å². The lowest BCUT2D eigenvalue weighted by Crippen LogP contribution is -2.44. The van der Waals surface area contributed by atoms with Crippen LogP contribution >= 0.6 is 0 Å². The van der Waals surface area contributed by atoms with Gasteiger partial charge in [0, 0.05) is 17.5 Å². The summed E-state index contributed by atoms with van der Waals surface area (Å²) < 4.78 is 5.14. The summed E-state index contributed by atoms with van der Waals surface area (Å²) in [6.07, 6.45) is 6.32. The van der Waals surface area contributed by atoms with Crippen LogP contribution in [0.2, 0.25) is 0 Å². The zero-order chi connectivity index (χ0) is 17.6. The molecule has 1 saturated heterocycles. The molecule has 1 aromatic rings. The maximum atomic E-state index is 12.6. The van der Waals surface area contributed by atoms with Gasteiger partial charge in [-0.25, -0.2) is 0 Å². The van der Waals surface area contributed by atoms with Crippen LogP contribution in [0.4, 0.5) is 0 Å². The third-order valence-corrected chi connectivity index (χ3v) is 5.42. The Hall–Kier alpha value is -1.88. The fourth-order valence-corrected chi connectivity index (χ4v) is 3.89. The average molecular weight is 344 g/mol. The summed E-state index contributed by atoms with van der Waals surface area (Å²) in [5, 5.41) is 3.14. The van der Waals surface area contributed by atoms with Crippen molar-refractivity contribution in [1.29, 1.82) is 0 Å². The van der Waals surface area contributed by atoms with Gasteiger partial charge in [-0.1, -0.05) is 12.8 Å². The number of carbonyl (C=O) groups excluding carboxylic acids is 2. The number of methoxy groups -OCH3 is 1. The second-order valence-electron chi connectivity index (χ2n) is 7.19. The minimum Gasteiger partial charge on any atom is -0.497 e. The first-order chi connectivity index (χ1) is 12.2. The van der Waals surface area contributed by atoms with E-state index in [1.165, 1.54) is 12.8 Å². The van der Waals surface area contributed by atoms with Crippen molar-refractivity contribution in [2.24, 2.45) is 5.92 Å². The molecule has 0 aromatic heterocycles. The van der Waals surface area contributed by atoms with E-state index in [2.05, 4.69) is 10.2 Å². The van der Waals surface area contributed by atoms with Crippen molar-refractivity contribution in [2.45, 2.75) is 44.6 Å². The summed E-state index contributed by atoms with van der Waals surface area (Å²) in [5.41, 5.74) is 0.748. The van der Waals surface area contributed by atoms with Crippen LogP contribution in [0.15, 0.2) is 24.3 Å². The van der Waals surface area contributed by atoms with Crippen LogP contribution in [-0.2, 0) is 4.79 Å². The van der Waals surface area contributed by atoms with Gasteiger partial charge in [0.15, 0.2) is 5.78 Å². The Morgan fingerprint density at radius 3 is 2.32 bits per heavy atom. The van der Waals surface area contributed by atoms with Crippen LogP contribution in [0.5, 0.6) is 5.75 Å². The maximum absolute atomic E-state index is 12.6. The number of ketones is 1. The Labute approximate surface area is 149 Å². The predicted molar refractivity (Wildman–Crippen MR) is 96.9 cm³/mol. The highest BCUT2D eigenvalue weighted by molar-refractivity contribution is 5.98. The van der Waals surface area contributed by atoms with E-state index in [0.29, 0.717) is 12.6 Å². The number of rotatable bonds is 6. The molecule has 1 aromatic carbocycles. The third kappa shape index (κ3) is 4.82. The Kier molecular flexibility index (Phi) is 6.08. The lowest BCUT2D eigenvalue weighted by atomic mass is 9.89. The van der Waals surface area contributed by atoms with E-state index in [1.807, 2.05) is 24.3 Å². The lowest BCUT2D eigenvalue weighted by molar-refractivity contribution is -0.123. The predicted octanol–water partition coefficient (Wildman–Crippen LogP) is 2.65. The highest BCUT2D eigenvalue weighted by atomic mass is 16.5. The summed E-state index contributed by atoms with van der Waals surface area (Å²) >= 11 is 0. The van der Waals surface area contributed by atoms with Gasteiger partial charge in [0.05, 0.1) is 13.7 Å². The van der Waals surface area contributed by atoms with Crippen LogP contribution in [0, 0.1) is 5.92 Å². The fourth-order valence-electron chi connectivity index (χ4n) is 3.89. The van der Waals surface area contributed by atoms with Gasteiger partial charge < -0.3 is 10.1 Å². The number of likely N-dealkylation sites (tertiary alicyclic amines) is 1. The number of carbonyl (C=O) groups is 2. The second kappa shape index (κ2) is 8.48. The normalized spacial score (nSPS) is 19.7. The van der Waals surface area contributed by atoms with Crippen molar-refractivity contribution in [2.75, 3.05) is 26.7 Å². The Morgan fingerprint density at radius 1 is 1.08 bits per heavy atom. The number of nitrogens with one attached hydrogen (secondary N) is 1. The van der Waals surface area contributed by atoms with Crippen molar-refractivity contribution in [3.63, 3.8) is 0 Å². The topological polar surface area (TPSA) is 58.6 Å². The largest absolute Gasteiger partial charge is 0.497 e. The number of hydrogen-bond donors (Lipinski definition) is 1. The van der Waals surface area contributed by atoms with E-state index in [-0.39, 0.29) is 17.6 Å². The molecule has 2 fully saturated rings. The number of hydrogen-bond acceptors (Lipinski definition) is 4. The quantitative estimate of drug-likeness (QED) is 0.806. The minimum atomic E-state index is 0.0579. The van der Waals surface area contributed by atoms with E-state index in [4.69, 9.17) is 4.74 Å². The molecule has 5 nitrogen and oxygen atoms in total. The molecule has 2 aliphatic rings. The first-order valence-electron chi connectivity index (χ1n) is 9.35. The second-order valence-corrected chi connectivity index (χ2v) is 7.19. The molecule has 0 unspecified atom stereocenters. The Morgan fingerprint density at radius 2 is 1.72 bits per heavy atom. The standard InChI is InChI=1S/C20H28N2O3/c1-25-18-8-6-15(7-9-18)20(24)16-10-12-22(13-11-16)14-19(23)21-17-4-2-3-5-17/h6-9,16-17H,2-5,10-14H2,1H3,(H,21,23). The SMILES string of the molecule is COc1ccc(C(=O)C2CCN(CC(=O)NC3CCCC3)CC2)cc1. The molecule has 1 N–H and O–H groups in total. The van der Waals surface area contributed by atoms with Crippen LogP contribution in [0.25, 0.3) is 0 Å². The van der Waals surface area contributed by atoms with Gasteiger partial charge in [-0.2, -0.15) is 0 Å². The Balaban J connectivity index is 1.44. The number of benzene rings is 1. The lowest BCUT2D eigenvalue weighted by Gasteiger charge is -2.31. The molecule has 1 aliphatic carbocycles. The van der Waals surface area contributed by atoms with Crippen LogP contribution < -0.4 is 10.1 Å². The zero-order valence-corrected chi connectivity index (χ0v) is 15.0. The minimum absolute atomic E-state index is 0.0579. The average Bonchev–Trinajstić information content (AvgIpc) is 3.14. The van der Waals surface area contributed by atoms with Crippen LogP contribution in [0.3, 0.4) is 0 Å². The monoisotopic (exact) mass is 344 g/mol. The van der Waals surface area contributed by atoms with Crippen LogP contribution in [0.1, 0.15) is 48.9 Å². The van der Waals surface area contributed by atoms with E-state index in [1.54, 1.807) is 7.11 Å². The molecular formula is C20H28N2O3. The number of Topliss-reactive ketones (excluding diaryl/α,β-unsaturated/α-hetero) is 1. The molecule has 5 heteroatoms. The molecule has 3 rings (SSSR count). The smallest absolute Gasteiger partial charge is 0.234 e. The molecule has 0 atom stereocenters. The molecule has 136 valence electrons. The van der Waals surface area contributed by atoms with Crippen molar-refractivity contribution in [1.82, 2.24) is 10.2 Å². The summed E-state index contributed by atoms with van der Waals surface area (Å²) in [6.45, 7) is 2.08. The van der Waals surface area contributed by atoms with Crippen LogP contribution in [-0.4, -0.2) is 49.4 Å². The molecule has 1 heterocycles. The molecule has 0 spiro atoms. The number of piperidine rings is 1. The van der Waals surface area contributed by atoms with Crippen molar-refractivity contribution < 1.29 is 14.3 Å². The molecule has 0 bridgehead atoms. The third-order valence-electron chi connectivity index (χ3n) is 5.42. The molecular weight excluding hydrogens is 316 g/mol. The first-order valence-corrected chi connectivity index (χ1v) is 9.35. The number of nitrogens with zero attached hydrogens (tertiary/aromatic N) is 1. The summed E-state index contributed by atoms with van der Waals surface area (Å²) in [7, 11) is 1.62. The molecule has 1 saturated carbocycles.